The number of benzene rings is 5. The van der Waals surface area contributed by atoms with E-state index in [-0.39, 0.29) is 48.7 Å². The lowest BCUT2D eigenvalue weighted by Crippen LogP contribution is -2.34. The third-order valence-corrected chi connectivity index (χ3v) is 13.2. The Kier molecular flexibility index (Phi) is 17.2. The number of hydrogen-bond donors (Lipinski definition) is 4. The molecule has 4 N–H and O–H groups in total. The predicted octanol–water partition coefficient (Wildman–Crippen LogP) is 10.7. The summed E-state index contributed by atoms with van der Waals surface area (Å²) in [5.41, 5.74) is 8.08. The van der Waals surface area contributed by atoms with Gasteiger partial charge in [-0.1, -0.05) is 92.7 Å². The summed E-state index contributed by atoms with van der Waals surface area (Å²) in [7, 11) is 3.26. The minimum atomic E-state index is -1.18. The number of ketones is 1. The number of nitrogens with one attached hydrogen (secondary N) is 1. The fourth-order valence-corrected chi connectivity index (χ4v) is 9.92. The van der Waals surface area contributed by atoms with E-state index in [0.717, 1.165) is 54.9 Å². The smallest absolute Gasteiger partial charge is 0.305 e. The number of carbonyl (C=O) groups is 3. The van der Waals surface area contributed by atoms with Gasteiger partial charge in [-0.3, -0.25) is 19.3 Å². The second kappa shape index (κ2) is 23.6. The number of aliphatic carboxylic acids is 1. The fourth-order valence-electron chi connectivity index (χ4n) is 9.92. The monoisotopic (exact) mass is 937 g/mol. The highest BCUT2D eigenvalue weighted by Gasteiger charge is 2.35. The van der Waals surface area contributed by atoms with Gasteiger partial charge in [0.15, 0.2) is 17.3 Å². The Balaban J connectivity index is 0.000000218. The normalized spacial score (nSPS) is 15.8. The van der Waals surface area contributed by atoms with Gasteiger partial charge in [-0.25, -0.2) is 4.39 Å². The lowest BCUT2D eigenvalue weighted by molar-refractivity contribution is -0.139. The van der Waals surface area contributed by atoms with Crippen molar-refractivity contribution in [2.24, 2.45) is 11.8 Å². The minimum Gasteiger partial charge on any atom is -0.493 e. The number of para-hydroxylation sites is 1. The molecule has 1 aliphatic heterocycles. The Hall–Kier alpha value is -6.60. The highest BCUT2D eigenvalue weighted by Crippen LogP contribution is 2.43. The Morgan fingerprint density at radius 2 is 1.41 bits per heavy atom. The summed E-state index contributed by atoms with van der Waals surface area (Å²) in [6, 6.07) is 39.3. The van der Waals surface area contributed by atoms with Crippen LogP contribution in [0, 0.1) is 17.7 Å². The molecule has 1 unspecified atom stereocenters. The van der Waals surface area contributed by atoms with E-state index in [2.05, 4.69) is 40.5 Å². The summed E-state index contributed by atoms with van der Waals surface area (Å²) in [4.78, 5) is 40.5. The van der Waals surface area contributed by atoms with Gasteiger partial charge >= 0.3 is 5.97 Å². The Bertz CT molecular complexity index is 2650. The van der Waals surface area contributed by atoms with Crippen LogP contribution in [0.25, 0.3) is 22.4 Å². The molecule has 0 saturated carbocycles. The van der Waals surface area contributed by atoms with E-state index in [1.807, 2.05) is 91.2 Å². The molecule has 1 aromatic heterocycles. The summed E-state index contributed by atoms with van der Waals surface area (Å²) in [6.45, 7) is 7.52. The first kappa shape index (κ1) is 50.3. The molecule has 362 valence electrons. The zero-order valence-corrected chi connectivity index (χ0v) is 39.9. The van der Waals surface area contributed by atoms with Crippen LogP contribution in [0.3, 0.4) is 0 Å². The number of rotatable bonds is 18. The number of piperidine rings is 1. The van der Waals surface area contributed by atoms with Crippen molar-refractivity contribution in [1.82, 2.24) is 9.47 Å². The van der Waals surface area contributed by atoms with E-state index < -0.39 is 24.6 Å². The van der Waals surface area contributed by atoms with Crippen molar-refractivity contribution in [3.63, 3.8) is 0 Å². The number of anilines is 1. The highest BCUT2D eigenvalue weighted by molar-refractivity contribution is 6.12. The van der Waals surface area contributed by atoms with Crippen LogP contribution < -0.4 is 14.8 Å². The number of carboxylic acids is 1. The molecule has 0 bridgehead atoms. The molecule has 1 fully saturated rings. The third-order valence-electron chi connectivity index (χ3n) is 13.2. The molecule has 12 heteroatoms. The van der Waals surface area contributed by atoms with Gasteiger partial charge in [-0.15, -0.1) is 0 Å². The molecule has 3 atom stereocenters. The lowest BCUT2D eigenvalue weighted by atomic mass is 9.85. The summed E-state index contributed by atoms with van der Waals surface area (Å²) >= 11 is 0. The van der Waals surface area contributed by atoms with Gasteiger partial charge in [0.05, 0.1) is 44.1 Å². The number of carbonyl (C=O) groups excluding carboxylic acids is 2. The first-order chi connectivity index (χ1) is 33.3. The summed E-state index contributed by atoms with van der Waals surface area (Å²) in [6.07, 6.45) is 1.68. The number of likely N-dealkylation sites (tertiary alicyclic amines) is 1. The van der Waals surface area contributed by atoms with Gasteiger partial charge in [0, 0.05) is 41.5 Å². The maximum Gasteiger partial charge on any atom is 0.305 e. The van der Waals surface area contributed by atoms with Crippen molar-refractivity contribution < 1.29 is 43.6 Å². The van der Waals surface area contributed by atoms with Gasteiger partial charge in [-0.05, 0) is 134 Å². The van der Waals surface area contributed by atoms with Crippen molar-refractivity contribution in [2.75, 3.05) is 32.6 Å². The summed E-state index contributed by atoms with van der Waals surface area (Å²) in [5, 5.41) is 32.8. The van der Waals surface area contributed by atoms with Crippen molar-refractivity contribution in [2.45, 2.75) is 90.0 Å². The van der Waals surface area contributed by atoms with E-state index in [0.29, 0.717) is 45.5 Å². The molecule has 2 aliphatic rings. The number of aromatic nitrogens is 1. The molecule has 11 nitrogen and oxygen atoms in total. The molecule has 69 heavy (non-hydrogen) atoms. The quantitative estimate of drug-likeness (QED) is 0.0660. The number of Topliss-reactive ketones (excluding diaryl/α,β-unsaturated/α-hetero) is 1. The number of ether oxygens (including phenoxy) is 2. The topological polar surface area (TPSA) is 151 Å². The van der Waals surface area contributed by atoms with Crippen LogP contribution in [0.2, 0.25) is 0 Å². The third kappa shape index (κ3) is 12.7. The minimum absolute atomic E-state index is 0.0939. The highest BCUT2D eigenvalue weighted by atomic mass is 19.1. The molecule has 1 saturated heterocycles. The average molecular weight is 938 g/mol. The van der Waals surface area contributed by atoms with Crippen LogP contribution in [-0.4, -0.2) is 82.0 Å². The van der Waals surface area contributed by atoms with Crippen LogP contribution in [0.4, 0.5) is 10.1 Å². The van der Waals surface area contributed by atoms with E-state index in [4.69, 9.17) is 14.6 Å². The number of aliphatic hydroxyl groups is 2. The molecule has 5 aromatic carbocycles. The van der Waals surface area contributed by atoms with Crippen molar-refractivity contribution in [3.05, 3.63) is 161 Å². The number of amides is 1. The lowest BCUT2D eigenvalue weighted by Gasteiger charge is -2.32. The van der Waals surface area contributed by atoms with Gasteiger partial charge in [0.2, 0.25) is 0 Å². The number of aliphatic hydroxyl groups excluding tert-OH is 2. The summed E-state index contributed by atoms with van der Waals surface area (Å²) < 4.78 is 26.8. The van der Waals surface area contributed by atoms with Gasteiger partial charge in [-0.2, -0.15) is 0 Å². The second-order valence-corrected chi connectivity index (χ2v) is 18.5. The predicted molar refractivity (Wildman–Crippen MR) is 267 cm³/mol. The van der Waals surface area contributed by atoms with Crippen LogP contribution in [0.5, 0.6) is 11.5 Å². The maximum atomic E-state index is 14.0. The molecule has 0 spiro atoms. The first-order valence-electron chi connectivity index (χ1n) is 23.9. The molecule has 0 radical (unpaired) electrons. The second-order valence-electron chi connectivity index (χ2n) is 18.5. The zero-order chi connectivity index (χ0) is 49.0. The van der Waals surface area contributed by atoms with Gasteiger partial charge < -0.3 is 34.7 Å². The van der Waals surface area contributed by atoms with Crippen molar-refractivity contribution in [1.29, 1.82) is 0 Å². The Labute approximate surface area is 404 Å². The van der Waals surface area contributed by atoms with Crippen molar-refractivity contribution in [3.8, 4) is 33.9 Å². The largest absolute Gasteiger partial charge is 0.493 e. The van der Waals surface area contributed by atoms with E-state index >= 15 is 0 Å². The Morgan fingerprint density at radius 3 is 2.01 bits per heavy atom. The fraction of sp³-hybridized carbons (Fsp3) is 0.351. The molecule has 2 heterocycles. The number of nitrogens with zero attached hydrogens (tertiary/aromatic N) is 2. The standard InChI is InChI=1S/C33H35FN2O5.C24H29NO3/c1-21(2)31-30(33(41)35-25-11-7-4-8-12-25)29(22-9-5-3-6-10-22)32(23-13-15-24(34)16-14-23)36(31)18-17-26(37)19-27(38)20-28(39)40;1-27-22-14-19-13-20(24(26)21(19)15-23(22)28-2)12-17-8-10-25(11-9-17)16-18-6-4-3-5-7-18/h3-16,21,26-27,37-38H,17-20H2,1-2H3,(H,35,41)(H,39,40);3-7,14-15,17,20H,8-13,16H2,1-2H3/t26-,27-;/m1./s1. The molecule has 1 aliphatic carbocycles. The number of halogens is 1. The van der Waals surface area contributed by atoms with Gasteiger partial charge in [0.25, 0.3) is 5.91 Å². The number of hydrogen-bond acceptors (Lipinski definition) is 8. The van der Waals surface area contributed by atoms with Crippen LogP contribution >= 0.6 is 0 Å². The van der Waals surface area contributed by atoms with Crippen LogP contribution in [0.1, 0.15) is 95.8 Å². The molecule has 1 amide bonds. The maximum absolute atomic E-state index is 14.0. The molecule has 8 rings (SSSR count). The number of carboxylic acid groups (broad SMARTS) is 1. The van der Waals surface area contributed by atoms with Crippen LogP contribution in [-0.2, 0) is 24.3 Å². The van der Waals surface area contributed by atoms with E-state index in [1.54, 1.807) is 26.4 Å². The first-order valence-corrected chi connectivity index (χ1v) is 23.9. The van der Waals surface area contributed by atoms with E-state index in [1.165, 1.54) is 30.5 Å². The SMILES string of the molecule is CC(C)c1c(C(=O)Nc2ccccc2)c(-c2ccccc2)c(-c2ccc(F)cc2)n1CC[C@@H](O)C[C@@H](O)CC(=O)O.COc1cc2c(cc1OC)C(=O)C(CC1CCN(Cc3ccccc3)CC1)C2. The average Bonchev–Trinajstić information content (AvgIpc) is 3.85. The molecular weight excluding hydrogens is 874 g/mol. The number of fused-ring (bicyclic) bond motifs is 1. The van der Waals surface area contributed by atoms with E-state index in [9.17, 15) is 29.0 Å². The number of methoxy groups -OCH3 is 2. The summed E-state index contributed by atoms with van der Waals surface area (Å²) in [5.74, 6) is 0.447. The zero-order valence-electron chi connectivity index (χ0n) is 39.9. The van der Waals surface area contributed by atoms with Crippen LogP contribution in [0.15, 0.2) is 127 Å². The Morgan fingerprint density at radius 1 is 0.797 bits per heavy atom. The molecule has 6 aromatic rings. The van der Waals surface area contributed by atoms with Crippen molar-refractivity contribution >= 4 is 23.3 Å². The van der Waals surface area contributed by atoms with Gasteiger partial charge in [0.1, 0.15) is 5.82 Å². The molecular formula is C57H64FN3O8.